The van der Waals surface area contributed by atoms with E-state index in [0.29, 0.717) is 12.8 Å². The molecule has 4 aromatic carbocycles. The Bertz CT molecular complexity index is 1840. The highest BCUT2D eigenvalue weighted by molar-refractivity contribution is 7.97. The molecule has 0 radical (unpaired) electrons. The van der Waals surface area contributed by atoms with E-state index in [1.54, 1.807) is 13.8 Å². The van der Waals surface area contributed by atoms with Gasteiger partial charge in [0.2, 0.25) is 0 Å². The minimum atomic E-state index is -4.62. The molecule has 50 heavy (non-hydrogen) atoms. The monoisotopic (exact) mass is 714 g/mol. The van der Waals surface area contributed by atoms with Crippen LogP contribution in [0.15, 0.2) is 135 Å². The topological polar surface area (TPSA) is 136 Å². The molecule has 4 aromatic rings. The van der Waals surface area contributed by atoms with Crippen LogP contribution in [0.2, 0.25) is 0 Å². The summed E-state index contributed by atoms with van der Waals surface area (Å²) in [5.74, 6) is -3.65. The third kappa shape index (κ3) is 7.21. The molecular weight excluding hydrogens is 677 g/mol. The summed E-state index contributed by atoms with van der Waals surface area (Å²) in [4.78, 5) is 41.6. The molecule has 2 saturated carbocycles. The maximum atomic E-state index is 13.0. The van der Waals surface area contributed by atoms with E-state index in [2.05, 4.69) is 91.0 Å². The first kappa shape index (κ1) is 35.4. The van der Waals surface area contributed by atoms with Crippen LogP contribution in [0.25, 0.3) is 0 Å². The van der Waals surface area contributed by atoms with Crippen molar-refractivity contribution in [1.29, 1.82) is 0 Å². The summed E-state index contributed by atoms with van der Waals surface area (Å²) in [6.45, 7) is 5.41. The SMILES string of the molecule is CCC(C)(C)C(=O)OC1C2CC3C1OC(=O)C3C2C(=O)Oc1ccc(S(=O)(=O)[O-])cc1.c1ccc([S+](c2ccccc2)c2ccccc2)cc1. The normalized spacial score (nSPS) is 23.5. The van der Waals surface area contributed by atoms with E-state index >= 15 is 0 Å². The fraction of sp³-hybridized carbons (Fsp3) is 0.308. The molecule has 6 atom stereocenters. The maximum Gasteiger partial charge on any atom is 0.315 e. The third-order valence-electron chi connectivity index (χ3n) is 9.77. The minimum absolute atomic E-state index is 0.0146. The zero-order chi connectivity index (χ0) is 35.6. The Morgan fingerprint density at radius 3 is 1.78 bits per heavy atom. The quantitative estimate of drug-likeness (QED) is 0.0831. The van der Waals surface area contributed by atoms with Gasteiger partial charge in [-0.25, -0.2) is 8.42 Å². The summed E-state index contributed by atoms with van der Waals surface area (Å²) in [6.07, 6.45) is -0.180. The van der Waals surface area contributed by atoms with Crippen molar-refractivity contribution in [3.05, 3.63) is 115 Å². The van der Waals surface area contributed by atoms with Gasteiger partial charge in [0.05, 0.1) is 33.0 Å². The maximum absolute atomic E-state index is 13.0. The van der Waals surface area contributed by atoms with Gasteiger partial charge in [0, 0.05) is 11.8 Å². The lowest BCUT2D eigenvalue weighted by atomic mass is 9.78. The number of hydrogen-bond donors (Lipinski definition) is 0. The number of benzene rings is 4. The number of hydrogen-bond acceptors (Lipinski definition) is 9. The first-order valence-electron chi connectivity index (χ1n) is 16.5. The summed E-state index contributed by atoms with van der Waals surface area (Å²) in [6, 6.07) is 36.6. The van der Waals surface area contributed by atoms with E-state index in [9.17, 15) is 27.4 Å². The molecular formula is C39H38O9S2. The van der Waals surface area contributed by atoms with Crippen molar-refractivity contribution in [1.82, 2.24) is 0 Å². The second-order valence-electron chi connectivity index (χ2n) is 13.2. The Balaban J connectivity index is 0.000000194. The van der Waals surface area contributed by atoms with Crippen molar-refractivity contribution in [2.45, 2.75) is 65.4 Å². The fourth-order valence-corrected chi connectivity index (χ4v) is 9.41. The lowest BCUT2D eigenvalue weighted by Crippen LogP contribution is -2.45. The van der Waals surface area contributed by atoms with Gasteiger partial charge in [-0.2, -0.15) is 0 Å². The van der Waals surface area contributed by atoms with Crippen molar-refractivity contribution in [3.8, 4) is 5.75 Å². The van der Waals surface area contributed by atoms with E-state index in [1.807, 2.05) is 6.92 Å². The smallest absolute Gasteiger partial charge is 0.315 e. The van der Waals surface area contributed by atoms with Crippen LogP contribution >= 0.6 is 0 Å². The Morgan fingerprint density at radius 2 is 1.32 bits per heavy atom. The lowest BCUT2D eigenvalue weighted by molar-refractivity contribution is -0.172. The molecule has 0 amide bonds. The number of carbonyl (C=O) groups excluding carboxylic acids is 3. The Labute approximate surface area is 295 Å². The van der Waals surface area contributed by atoms with Crippen molar-refractivity contribution in [3.63, 3.8) is 0 Å². The molecule has 1 heterocycles. The molecule has 1 aliphatic heterocycles. The Hall–Kier alpha value is -4.45. The molecule has 3 fully saturated rings. The van der Waals surface area contributed by atoms with Gasteiger partial charge < -0.3 is 18.8 Å². The minimum Gasteiger partial charge on any atom is -0.744 e. The second-order valence-corrected chi connectivity index (χ2v) is 16.6. The van der Waals surface area contributed by atoms with Crippen LogP contribution in [-0.4, -0.2) is 43.1 Å². The molecule has 3 aliphatic rings. The van der Waals surface area contributed by atoms with Crippen LogP contribution in [0, 0.1) is 29.1 Å². The predicted octanol–water partition coefficient (Wildman–Crippen LogP) is 6.43. The van der Waals surface area contributed by atoms with Gasteiger partial charge in [-0.05, 0) is 87.4 Å². The van der Waals surface area contributed by atoms with Gasteiger partial charge in [0.15, 0.2) is 14.7 Å². The number of esters is 3. The fourth-order valence-electron chi connectivity index (χ4n) is 6.83. The van der Waals surface area contributed by atoms with E-state index in [-0.39, 0.29) is 22.6 Å². The molecule has 7 rings (SSSR count). The predicted molar refractivity (Wildman–Crippen MR) is 184 cm³/mol. The highest BCUT2D eigenvalue weighted by Gasteiger charge is 2.70. The van der Waals surface area contributed by atoms with Crippen LogP contribution in [-0.2, 0) is 44.9 Å². The van der Waals surface area contributed by atoms with Crippen molar-refractivity contribution < 1.29 is 41.6 Å². The molecule has 0 spiro atoms. The van der Waals surface area contributed by atoms with Gasteiger partial charge in [-0.15, -0.1) is 0 Å². The van der Waals surface area contributed by atoms with Gasteiger partial charge in [-0.3, -0.25) is 14.4 Å². The first-order valence-corrected chi connectivity index (χ1v) is 19.1. The molecule has 11 heteroatoms. The highest BCUT2D eigenvalue weighted by Crippen LogP contribution is 2.59. The summed E-state index contributed by atoms with van der Waals surface area (Å²) < 4.78 is 49.7. The molecule has 0 N–H and O–H groups in total. The van der Waals surface area contributed by atoms with Crippen LogP contribution in [0.1, 0.15) is 33.6 Å². The summed E-state index contributed by atoms with van der Waals surface area (Å²) in [5, 5.41) is 0. The van der Waals surface area contributed by atoms with Crippen LogP contribution in [0.4, 0.5) is 0 Å². The van der Waals surface area contributed by atoms with Gasteiger partial charge in [-0.1, -0.05) is 61.5 Å². The number of ether oxygens (including phenoxy) is 3. The number of fused-ring (bicyclic) bond motifs is 1. The van der Waals surface area contributed by atoms with Crippen LogP contribution < -0.4 is 4.74 Å². The van der Waals surface area contributed by atoms with E-state index < -0.39 is 68.3 Å². The summed E-state index contributed by atoms with van der Waals surface area (Å²) >= 11 is 0. The second kappa shape index (κ2) is 14.4. The Morgan fingerprint density at radius 1 is 0.820 bits per heavy atom. The summed E-state index contributed by atoms with van der Waals surface area (Å²) in [7, 11) is -4.63. The average molecular weight is 715 g/mol. The van der Waals surface area contributed by atoms with E-state index in [1.165, 1.54) is 26.8 Å². The van der Waals surface area contributed by atoms with Crippen molar-refractivity contribution >= 4 is 38.9 Å². The number of rotatable bonds is 9. The Kier molecular flexibility index (Phi) is 10.2. The molecule has 1 saturated heterocycles. The van der Waals surface area contributed by atoms with Crippen LogP contribution in [0.5, 0.6) is 5.75 Å². The van der Waals surface area contributed by atoms with Gasteiger partial charge in [0.25, 0.3) is 0 Å². The van der Waals surface area contributed by atoms with Gasteiger partial charge >= 0.3 is 17.9 Å². The highest BCUT2D eigenvalue weighted by atomic mass is 32.2. The summed E-state index contributed by atoms with van der Waals surface area (Å²) in [5.41, 5.74) is -0.705. The van der Waals surface area contributed by atoms with E-state index in [0.717, 1.165) is 12.1 Å². The van der Waals surface area contributed by atoms with Crippen LogP contribution in [0.3, 0.4) is 0 Å². The van der Waals surface area contributed by atoms with Crippen molar-refractivity contribution in [2.75, 3.05) is 0 Å². The molecule has 260 valence electrons. The molecule has 0 aromatic heterocycles. The number of carbonyl (C=O) groups is 3. The molecule has 6 unspecified atom stereocenters. The zero-order valence-electron chi connectivity index (χ0n) is 27.8. The van der Waals surface area contributed by atoms with Gasteiger partial charge in [0.1, 0.15) is 28.1 Å². The molecule has 2 aliphatic carbocycles. The molecule has 9 nitrogen and oxygen atoms in total. The van der Waals surface area contributed by atoms with E-state index in [4.69, 9.17) is 14.2 Å². The first-order chi connectivity index (χ1) is 23.9. The average Bonchev–Trinajstić information content (AvgIpc) is 3.74. The largest absolute Gasteiger partial charge is 0.744 e. The molecule has 2 bridgehead atoms. The zero-order valence-corrected chi connectivity index (χ0v) is 29.5. The standard InChI is InChI=1S/C21H24O9S.C18H15S/c1-4-21(2,3)20(24)30-17-13-9-12-15(19(23)29-16(12)17)14(13)18(22)28-10-5-7-11(8-6-10)31(25,26)27;1-4-10-16(11-5-1)19(17-12-6-2-7-13-17)18-14-8-3-9-15-18/h5-8,12-17H,4,9H2,1-3H3,(H,25,26,27);1-15H/q;+1/p-1. The third-order valence-corrected chi connectivity index (χ3v) is 12.8. The van der Waals surface area contributed by atoms with Crippen molar-refractivity contribution in [2.24, 2.45) is 29.1 Å². The lowest BCUT2D eigenvalue weighted by Gasteiger charge is -2.32.